The van der Waals surface area contributed by atoms with Crippen LogP contribution in [0.1, 0.15) is 12.2 Å². The van der Waals surface area contributed by atoms with Gasteiger partial charge in [-0.05, 0) is 25.6 Å². The minimum atomic E-state index is 0.475. The summed E-state index contributed by atoms with van der Waals surface area (Å²) in [6.07, 6.45) is 8.23. The van der Waals surface area contributed by atoms with Gasteiger partial charge >= 0.3 is 0 Å². The van der Waals surface area contributed by atoms with Crippen LogP contribution in [0.3, 0.4) is 0 Å². The molecule has 0 aromatic carbocycles. The number of rotatable bonds is 4. The predicted molar refractivity (Wildman–Crippen MR) is 88.0 cm³/mol. The molecule has 7 nitrogen and oxygen atoms in total. The van der Waals surface area contributed by atoms with Crippen LogP contribution in [0.15, 0.2) is 37.1 Å². The zero-order chi connectivity index (χ0) is 15.6. The van der Waals surface area contributed by atoms with Crippen molar-refractivity contribution in [3.05, 3.63) is 42.9 Å². The fourth-order valence-corrected chi connectivity index (χ4v) is 3.17. The van der Waals surface area contributed by atoms with Gasteiger partial charge in [0.2, 0.25) is 0 Å². The third kappa shape index (κ3) is 2.75. The number of hydrogen-bond acceptors (Lipinski definition) is 6. The van der Waals surface area contributed by atoms with E-state index in [-0.39, 0.29) is 0 Å². The van der Waals surface area contributed by atoms with Crippen molar-refractivity contribution in [3.63, 3.8) is 0 Å². The first-order valence-electron chi connectivity index (χ1n) is 7.80. The molecule has 1 aliphatic heterocycles. The van der Waals surface area contributed by atoms with Gasteiger partial charge in [0.1, 0.15) is 23.6 Å². The average Bonchev–Trinajstić information content (AvgIpc) is 3.25. The monoisotopic (exact) mass is 309 g/mol. The molecule has 23 heavy (non-hydrogen) atoms. The Balaban J connectivity index is 1.47. The molecule has 1 N–H and O–H groups in total. The van der Waals surface area contributed by atoms with Crippen LogP contribution < -0.4 is 4.90 Å². The van der Waals surface area contributed by atoms with E-state index in [1.54, 1.807) is 18.7 Å². The first-order chi connectivity index (χ1) is 11.3. The molecular weight excluding hydrogens is 290 g/mol. The topological polar surface area (TPSA) is 73.8 Å². The summed E-state index contributed by atoms with van der Waals surface area (Å²) in [6, 6.07) is 4.36. The Labute approximate surface area is 134 Å². The summed E-state index contributed by atoms with van der Waals surface area (Å²) in [5.74, 6) is 1.88. The molecule has 4 rings (SSSR count). The molecule has 0 bridgehead atoms. The van der Waals surface area contributed by atoms with Gasteiger partial charge in [-0.3, -0.25) is 4.90 Å². The third-order valence-electron chi connectivity index (χ3n) is 4.43. The first kappa shape index (κ1) is 14.1. The van der Waals surface area contributed by atoms with Gasteiger partial charge in [-0.25, -0.2) is 19.9 Å². The molecule has 0 spiro atoms. The molecule has 0 saturated carbocycles. The second-order valence-electron chi connectivity index (χ2n) is 5.91. The van der Waals surface area contributed by atoms with Gasteiger partial charge in [0.15, 0.2) is 0 Å². The lowest BCUT2D eigenvalue weighted by molar-refractivity contribution is 0.244. The van der Waals surface area contributed by atoms with Crippen LogP contribution in [-0.4, -0.2) is 56.0 Å². The van der Waals surface area contributed by atoms with Gasteiger partial charge in [-0.1, -0.05) is 0 Å². The second-order valence-corrected chi connectivity index (χ2v) is 5.91. The van der Waals surface area contributed by atoms with Gasteiger partial charge in [-0.15, -0.1) is 0 Å². The molecule has 1 fully saturated rings. The molecule has 7 heteroatoms. The zero-order valence-corrected chi connectivity index (χ0v) is 13.1. The summed E-state index contributed by atoms with van der Waals surface area (Å²) in [6.45, 7) is 2.73. The predicted octanol–water partition coefficient (Wildman–Crippen LogP) is 1.46. The molecule has 3 aromatic rings. The lowest BCUT2D eigenvalue weighted by atomic mass is 10.2. The number of H-pyrrole nitrogens is 1. The van der Waals surface area contributed by atoms with Crippen LogP contribution in [0.2, 0.25) is 0 Å². The molecule has 0 amide bonds. The van der Waals surface area contributed by atoms with Crippen molar-refractivity contribution in [1.29, 1.82) is 0 Å². The van der Waals surface area contributed by atoms with E-state index in [4.69, 9.17) is 0 Å². The number of likely N-dealkylation sites (N-methyl/N-ethyl adjacent to an activating group) is 1. The Morgan fingerprint density at radius 2 is 2.13 bits per heavy atom. The molecule has 118 valence electrons. The van der Waals surface area contributed by atoms with Crippen molar-refractivity contribution in [2.45, 2.75) is 19.0 Å². The summed E-state index contributed by atoms with van der Waals surface area (Å²) < 4.78 is 0. The van der Waals surface area contributed by atoms with E-state index in [9.17, 15) is 0 Å². The molecule has 4 heterocycles. The molecule has 1 aliphatic rings. The second kappa shape index (κ2) is 5.92. The Morgan fingerprint density at radius 1 is 1.26 bits per heavy atom. The van der Waals surface area contributed by atoms with Crippen molar-refractivity contribution < 1.29 is 0 Å². The molecule has 0 aliphatic carbocycles. The molecule has 1 atom stereocenters. The summed E-state index contributed by atoms with van der Waals surface area (Å²) in [4.78, 5) is 25.2. The maximum Gasteiger partial charge on any atom is 0.142 e. The Morgan fingerprint density at radius 3 is 3.00 bits per heavy atom. The lowest BCUT2D eigenvalue weighted by Gasteiger charge is -2.24. The minimum absolute atomic E-state index is 0.475. The quantitative estimate of drug-likeness (QED) is 0.786. The maximum absolute atomic E-state index is 4.49. The van der Waals surface area contributed by atoms with Crippen LogP contribution in [0, 0.1) is 0 Å². The number of hydrogen-bond donors (Lipinski definition) is 1. The van der Waals surface area contributed by atoms with Gasteiger partial charge in [0, 0.05) is 37.7 Å². The highest BCUT2D eigenvalue weighted by molar-refractivity contribution is 5.87. The highest BCUT2D eigenvalue weighted by Gasteiger charge is 2.28. The van der Waals surface area contributed by atoms with Gasteiger partial charge in [-0.2, -0.15) is 0 Å². The van der Waals surface area contributed by atoms with Crippen molar-refractivity contribution in [2.75, 3.05) is 25.0 Å². The van der Waals surface area contributed by atoms with Gasteiger partial charge in [0.25, 0.3) is 0 Å². The fourth-order valence-electron chi connectivity index (χ4n) is 3.17. The van der Waals surface area contributed by atoms with Crippen molar-refractivity contribution in [1.82, 2.24) is 29.8 Å². The van der Waals surface area contributed by atoms with E-state index in [2.05, 4.69) is 41.8 Å². The zero-order valence-electron chi connectivity index (χ0n) is 13.1. The molecule has 1 saturated heterocycles. The van der Waals surface area contributed by atoms with Crippen LogP contribution in [0.4, 0.5) is 5.82 Å². The number of nitrogens with one attached hydrogen (secondary N) is 1. The largest absolute Gasteiger partial charge is 0.354 e. The van der Waals surface area contributed by atoms with E-state index in [0.717, 1.165) is 48.7 Å². The Kier molecular flexibility index (Phi) is 3.63. The molecule has 3 aromatic heterocycles. The first-order valence-corrected chi connectivity index (χ1v) is 7.80. The average molecular weight is 309 g/mol. The Hall–Kier alpha value is -2.54. The summed E-state index contributed by atoms with van der Waals surface area (Å²) in [5, 5.41) is 1.09. The number of anilines is 1. The van der Waals surface area contributed by atoms with Crippen molar-refractivity contribution >= 4 is 16.9 Å². The summed E-state index contributed by atoms with van der Waals surface area (Å²) >= 11 is 0. The fraction of sp³-hybridized carbons (Fsp3) is 0.375. The number of nitrogens with zero attached hydrogens (tertiary/aromatic N) is 6. The highest BCUT2D eigenvalue weighted by Crippen LogP contribution is 2.26. The van der Waals surface area contributed by atoms with Crippen LogP contribution in [0.5, 0.6) is 0 Å². The number of aromatic amines is 1. The Bertz CT molecular complexity index is 785. The number of aromatic nitrogens is 5. The van der Waals surface area contributed by atoms with Gasteiger partial charge < -0.3 is 9.88 Å². The normalized spacial score (nSPS) is 18.2. The molecule has 1 unspecified atom stereocenters. The van der Waals surface area contributed by atoms with Crippen molar-refractivity contribution in [2.24, 2.45) is 0 Å². The summed E-state index contributed by atoms with van der Waals surface area (Å²) in [5.41, 5.74) is 0.893. The molecular formula is C16H19N7. The van der Waals surface area contributed by atoms with E-state index in [1.165, 1.54) is 0 Å². The number of fused-ring (bicyclic) bond motifs is 1. The van der Waals surface area contributed by atoms with E-state index < -0.39 is 0 Å². The minimum Gasteiger partial charge on any atom is -0.354 e. The molecule has 0 radical (unpaired) electrons. The highest BCUT2D eigenvalue weighted by atomic mass is 15.3. The van der Waals surface area contributed by atoms with E-state index >= 15 is 0 Å². The van der Waals surface area contributed by atoms with Crippen molar-refractivity contribution in [3.8, 4) is 0 Å². The van der Waals surface area contributed by atoms with Crippen LogP contribution in [-0.2, 0) is 6.54 Å². The SMILES string of the molecule is CN(Cc1ncccn1)C1CCN(c2ncnc3[nH]ccc23)C1. The summed E-state index contributed by atoms with van der Waals surface area (Å²) in [7, 11) is 2.14. The standard InChI is InChI=1S/C16H19N7/c1-22(10-14-17-5-2-6-18-14)12-4-8-23(9-12)16-13-3-7-19-15(13)20-11-21-16/h2-3,5-7,11-12H,4,8-10H2,1H3,(H,19,20,21). The van der Waals surface area contributed by atoms with Crippen LogP contribution in [0.25, 0.3) is 11.0 Å². The maximum atomic E-state index is 4.49. The lowest BCUT2D eigenvalue weighted by Crippen LogP contribution is -2.34. The van der Waals surface area contributed by atoms with E-state index in [0.29, 0.717) is 6.04 Å². The third-order valence-corrected chi connectivity index (χ3v) is 4.43. The van der Waals surface area contributed by atoms with E-state index in [1.807, 2.05) is 18.3 Å². The van der Waals surface area contributed by atoms with Gasteiger partial charge in [0.05, 0.1) is 11.9 Å². The smallest absolute Gasteiger partial charge is 0.142 e. The van der Waals surface area contributed by atoms with Crippen LogP contribution >= 0.6 is 0 Å².